The van der Waals surface area contributed by atoms with Crippen LogP contribution in [0.15, 0.2) is 64.2 Å². The summed E-state index contributed by atoms with van der Waals surface area (Å²) < 4.78 is 2.89. The molecule has 1 aromatic heterocycles. The molecule has 2 heterocycles. The van der Waals surface area contributed by atoms with Gasteiger partial charge in [-0.1, -0.05) is 53.5 Å². The van der Waals surface area contributed by atoms with Crippen molar-refractivity contribution in [2.45, 2.75) is 32.4 Å². The molecule has 5 nitrogen and oxygen atoms in total. The third kappa shape index (κ3) is 5.34. The molecule has 2 aromatic carbocycles. The third-order valence-corrected chi connectivity index (χ3v) is 6.90. The zero-order valence-corrected chi connectivity index (χ0v) is 19.6. The summed E-state index contributed by atoms with van der Waals surface area (Å²) in [6.45, 7) is 2.72. The van der Waals surface area contributed by atoms with Gasteiger partial charge in [0.2, 0.25) is 0 Å². The van der Waals surface area contributed by atoms with Gasteiger partial charge in [-0.15, -0.1) is 0 Å². The van der Waals surface area contributed by atoms with Crippen molar-refractivity contribution >= 4 is 23.2 Å². The average molecular weight is 472 g/mol. The minimum atomic E-state index is -0.276. The van der Waals surface area contributed by atoms with Crippen molar-refractivity contribution in [3.63, 3.8) is 0 Å². The number of rotatable bonds is 6. The van der Waals surface area contributed by atoms with Crippen LogP contribution in [0.3, 0.4) is 0 Å². The van der Waals surface area contributed by atoms with Crippen LogP contribution < -0.4 is 11.2 Å². The van der Waals surface area contributed by atoms with E-state index < -0.39 is 0 Å². The highest BCUT2D eigenvalue weighted by molar-refractivity contribution is 6.33. The van der Waals surface area contributed by atoms with E-state index in [2.05, 4.69) is 4.90 Å². The monoisotopic (exact) mass is 471 g/mol. The van der Waals surface area contributed by atoms with Crippen LogP contribution >= 0.6 is 23.2 Å². The Kier molecular flexibility index (Phi) is 7.19. The van der Waals surface area contributed by atoms with Crippen molar-refractivity contribution in [3.05, 3.63) is 102 Å². The Morgan fingerprint density at radius 2 is 1.66 bits per heavy atom. The highest BCUT2D eigenvalue weighted by Crippen LogP contribution is 2.28. The lowest BCUT2D eigenvalue weighted by Gasteiger charge is -2.32. The molecule has 3 aromatic rings. The van der Waals surface area contributed by atoms with E-state index in [9.17, 15) is 9.59 Å². The molecule has 7 heteroatoms. The van der Waals surface area contributed by atoms with Gasteiger partial charge in [0, 0.05) is 35.4 Å². The van der Waals surface area contributed by atoms with Gasteiger partial charge in [0.1, 0.15) is 0 Å². The third-order valence-electron chi connectivity index (χ3n) is 6.30. The van der Waals surface area contributed by atoms with Gasteiger partial charge < -0.3 is 0 Å². The maximum Gasteiger partial charge on any atom is 0.331 e. The molecule has 0 atom stereocenters. The fourth-order valence-corrected chi connectivity index (χ4v) is 4.76. The molecule has 168 valence electrons. The van der Waals surface area contributed by atoms with Crippen LogP contribution in [0.1, 0.15) is 29.7 Å². The second-order valence-corrected chi connectivity index (χ2v) is 9.39. The number of likely N-dealkylation sites (tertiary alicyclic amines) is 1. The number of halogens is 2. The summed E-state index contributed by atoms with van der Waals surface area (Å²) in [6.07, 6.45) is 3.00. The number of piperidine rings is 1. The smallest absolute Gasteiger partial charge is 0.299 e. The Bertz CT molecular complexity index is 1200. The van der Waals surface area contributed by atoms with E-state index in [1.54, 1.807) is 17.7 Å². The lowest BCUT2D eigenvalue weighted by molar-refractivity contribution is 0.173. The fraction of sp³-hybridized carbons (Fsp3) is 0.360. The van der Waals surface area contributed by atoms with Gasteiger partial charge in [0.05, 0.1) is 6.54 Å². The van der Waals surface area contributed by atoms with Gasteiger partial charge in [-0.3, -0.25) is 18.8 Å². The summed E-state index contributed by atoms with van der Waals surface area (Å²) in [6, 6.07) is 16.8. The van der Waals surface area contributed by atoms with Crippen LogP contribution in [0.5, 0.6) is 0 Å². The lowest BCUT2D eigenvalue weighted by Crippen LogP contribution is -2.42. The minimum absolute atomic E-state index is 0.252. The van der Waals surface area contributed by atoms with Crippen LogP contribution in [0.4, 0.5) is 0 Å². The number of hydrogen-bond acceptors (Lipinski definition) is 3. The topological polar surface area (TPSA) is 47.2 Å². The molecule has 0 unspecified atom stereocenters. The van der Waals surface area contributed by atoms with Gasteiger partial charge >= 0.3 is 5.69 Å². The number of aromatic nitrogens is 2. The predicted molar refractivity (Wildman–Crippen MR) is 130 cm³/mol. The molecule has 0 aliphatic carbocycles. The van der Waals surface area contributed by atoms with Crippen molar-refractivity contribution in [3.8, 4) is 0 Å². The summed E-state index contributed by atoms with van der Waals surface area (Å²) in [7, 11) is 1.74. The number of nitrogens with zero attached hydrogens (tertiary/aromatic N) is 3. The molecule has 0 saturated carbocycles. The molecule has 1 fully saturated rings. The minimum Gasteiger partial charge on any atom is -0.299 e. The van der Waals surface area contributed by atoms with Gasteiger partial charge in [-0.05, 0) is 67.6 Å². The van der Waals surface area contributed by atoms with E-state index in [-0.39, 0.29) is 17.8 Å². The summed E-state index contributed by atoms with van der Waals surface area (Å²) in [5.74, 6) is 0.546. The van der Waals surface area contributed by atoms with Gasteiger partial charge in [-0.25, -0.2) is 4.79 Å². The Morgan fingerprint density at radius 3 is 2.38 bits per heavy atom. The van der Waals surface area contributed by atoms with Crippen LogP contribution in [0.2, 0.25) is 10.0 Å². The van der Waals surface area contributed by atoms with Gasteiger partial charge in [-0.2, -0.15) is 0 Å². The van der Waals surface area contributed by atoms with Crippen molar-refractivity contribution in [1.82, 2.24) is 14.0 Å². The molecule has 0 N–H and O–H groups in total. The maximum atomic E-state index is 12.9. The SMILES string of the molecule is Cn1c(CN2CCC(Cc3cc(Cl)ccc3Cl)CC2)cc(=O)n(Cc2ccccc2)c1=O. The van der Waals surface area contributed by atoms with E-state index in [4.69, 9.17) is 23.2 Å². The molecule has 0 radical (unpaired) electrons. The van der Waals surface area contributed by atoms with E-state index in [1.165, 1.54) is 4.57 Å². The maximum absolute atomic E-state index is 12.9. The molecular formula is C25H27Cl2N3O2. The van der Waals surface area contributed by atoms with Crippen molar-refractivity contribution < 1.29 is 0 Å². The first-order chi connectivity index (χ1) is 15.4. The van der Waals surface area contributed by atoms with E-state index >= 15 is 0 Å². The predicted octanol–water partition coefficient (Wildman–Crippen LogP) is 4.36. The summed E-state index contributed by atoms with van der Waals surface area (Å²) in [5.41, 5.74) is 2.25. The largest absolute Gasteiger partial charge is 0.331 e. The molecule has 0 amide bonds. The van der Waals surface area contributed by atoms with Crippen LogP contribution in [-0.2, 0) is 26.6 Å². The zero-order chi connectivity index (χ0) is 22.7. The number of hydrogen-bond donors (Lipinski definition) is 0. The molecule has 32 heavy (non-hydrogen) atoms. The summed E-state index contributed by atoms with van der Waals surface area (Å²) in [4.78, 5) is 27.8. The van der Waals surface area contributed by atoms with Crippen molar-refractivity contribution in [2.24, 2.45) is 13.0 Å². The quantitative estimate of drug-likeness (QED) is 0.536. The van der Waals surface area contributed by atoms with Crippen LogP contribution in [0, 0.1) is 5.92 Å². The first-order valence-electron chi connectivity index (χ1n) is 10.9. The van der Waals surface area contributed by atoms with Crippen LogP contribution in [0.25, 0.3) is 0 Å². The second-order valence-electron chi connectivity index (χ2n) is 8.55. The standard InChI is InChI=1S/C25H27Cl2N3O2/c1-28-22(15-24(31)30(25(28)32)16-19-5-3-2-4-6-19)17-29-11-9-18(10-12-29)13-20-14-21(26)7-8-23(20)27/h2-8,14-15,18H,9-13,16-17H2,1H3. The molecule has 1 saturated heterocycles. The van der Waals surface area contributed by atoms with Gasteiger partial charge in [0.25, 0.3) is 5.56 Å². The number of benzene rings is 2. The van der Waals surface area contributed by atoms with Crippen molar-refractivity contribution in [2.75, 3.05) is 13.1 Å². The van der Waals surface area contributed by atoms with E-state index in [0.717, 1.165) is 54.2 Å². The summed E-state index contributed by atoms with van der Waals surface area (Å²) >= 11 is 12.5. The van der Waals surface area contributed by atoms with Gasteiger partial charge in [0.15, 0.2) is 0 Å². The fourth-order valence-electron chi connectivity index (χ4n) is 4.37. The van der Waals surface area contributed by atoms with E-state index in [1.807, 2.05) is 48.5 Å². The Hall–Kier alpha value is -2.34. The summed E-state index contributed by atoms with van der Waals surface area (Å²) in [5, 5.41) is 1.48. The first kappa shape index (κ1) is 22.8. The Balaban J connectivity index is 1.40. The molecule has 0 spiro atoms. The molecule has 1 aliphatic heterocycles. The van der Waals surface area contributed by atoms with E-state index in [0.29, 0.717) is 17.5 Å². The molecule has 4 rings (SSSR count). The average Bonchev–Trinajstić information content (AvgIpc) is 2.79. The normalized spacial score (nSPS) is 15.2. The second kappa shape index (κ2) is 10.1. The highest BCUT2D eigenvalue weighted by Gasteiger charge is 2.22. The molecule has 0 bridgehead atoms. The Morgan fingerprint density at radius 1 is 0.938 bits per heavy atom. The Labute approximate surface area is 197 Å². The lowest BCUT2D eigenvalue weighted by atomic mass is 9.90. The zero-order valence-electron chi connectivity index (χ0n) is 18.1. The highest BCUT2D eigenvalue weighted by atomic mass is 35.5. The first-order valence-corrected chi connectivity index (χ1v) is 11.7. The molecular weight excluding hydrogens is 445 g/mol. The van der Waals surface area contributed by atoms with Crippen LogP contribution in [-0.4, -0.2) is 27.1 Å². The van der Waals surface area contributed by atoms with Crippen molar-refractivity contribution in [1.29, 1.82) is 0 Å². The molecule has 1 aliphatic rings.